The number of aromatic nitrogens is 3. The van der Waals surface area contributed by atoms with E-state index in [0.29, 0.717) is 5.13 Å². The quantitative estimate of drug-likeness (QED) is 0.765. The van der Waals surface area contributed by atoms with Crippen LogP contribution in [0.3, 0.4) is 0 Å². The van der Waals surface area contributed by atoms with Crippen molar-refractivity contribution in [2.45, 2.75) is 0 Å². The van der Waals surface area contributed by atoms with Gasteiger partial charge in [-0.15, -0.1) is 21.5 Å². The minimum absolute atomic E-state index is 0.277. The second-order valence-electron chi connectivity index (χ2n) is 2.49. The summed E-state index contributed by atoms with van der Waals surface area (Å²) in [5.41, 5.74) is 1.45. The van der Waals surface area contributed by atoms with Crippen LogP contribution in [0.15, 0.2) is 17.1 Å². The molecule has 0 aromatic carbocycles. The lowest BCUT2D eigenvalue weighted by molar-refractivity contribution is -0.133. The topological polar surface area (TPSA) is 96.9 Å². The molecule has 2 N–H and O–H groups in total. The summed E-state index contributed by atoms with van der Waals surface area (Å²) in [6, 6.07) is 0. The summed E-state index contributed by atoms with van der Waals surface area (Å²) in [4.78, 5) is 26.5. The number of anilines is 2. The number of nitrogens with one attached hydrogen (secondary N) is 2. The van der Waals surface area contributed by atoms with Gasteiger partial charge in [0.15, 0.2) is 5.13 Å². The molecule has 9 heteroatoms. The van der Waals surface area contributed by atoms with Gasteiger partial charge in [-0.1, -0.05) is 11.3 Å². The zero-order valence-corrected chi connectivity index (χ0v) is 9.34. The first-order valence-electron chi connectivity index (χ1n) is 4.03. The Morgan fingerprint density at radius 3 is 2.44 bits per heavy atom. The lowest BCUT2D eigenvalue weighted by Gasteiger charge is -2.00. The minimum Gasteiger partial charge on any atom is -0.294 e. The van der Waals surface area contributed by atoms with Gasteiger partial charge in [0.2, 0.25) is 5.13 Å². The van der Waals surface area contributed by atoms with E-state index < -0.39 is 11.8 Å². The van der Waals surface area contributed by atoms with Gasteiger partial charge in [0.1, 0.15) is 5.51 Å². The highest BCUT2D eigenvalue weighted by atomic mass is 32.1. The molecule has 0 saturated carbocycles. The van der Waals surface area contributed by atoms with Crippen molar-refractivity contribution in [1.82, 2.24) is 15.2 Å². The van der Waals surface area contributed by atoms with E-state index in [-0.39, 0.29) is 5.13 Å². The Morgan fingerprint density at radius 1 is 1.12 bits per heavy atom. The molecule has 2 aromatic rings. The molecule has 0 aliphatic rings. The maximum absolute atomic E-state index is 11.3. The highest BCUT2D eigenvalue weighted by Crippen LogP contribution is 2.11. The second-order valence-corrected chi connectivity index (χ2v) is 4.22. The van der Waals surface area contributed by atoms with Crippen LogP contribution in [0.5, 0.6) is 0 Å². The van der Waals surface area contributed by atoms with Crippen LogP contribution < -0.4 is 10.6 Å². The van der Waals surface area contributed by atoms with Crippen molar-refractivity contribution in [2.24, 2.45) is 0 Å². The van der Waals surface area contributed by atoms with Crippen LogP contribution in [0.4, 0.5) is 10.3 Å². The average Bonchev–Trinajstić information content (AvgIpc) is 2.90. The van der Waals surface area contributed by atoms with Crippen LogP contribution in [0.1, 0.15) is 0 Å². The van der Waals surface area contributed by atoms with Gasteiger partial charge in [-0.3, -0.25) is 20.2 Å². The number of hydrogen-bond acceptors (Lipinski definition) is 7. The molecule has 2 amide bonds. The molecule has 0 bridgehead atoms. The maximum Gasteiger partial charge on any atom is 0.315 e. The van der Waals surface area contributed by atoms with Crippen molar-refractivity contribution >= 4 is 44.8 Å². The summed E-state index contributed by atoms with van der Waals surface area (Å²) in [5, 5.41) is 14.1. The molecule has 82 valence electrons. The molecule has 0 atom stereocenters. The number of carbonyl (C=O) groups excluding carboxylic acids is 2. The van der Waals surface area contributed by atoms with Crippen LogP contribution in [0, 0.1) is 0 Å². The molecule has 0 saturated heterocycles. The van der Waals surface area contributed by atoms with Gasteiger partial charge in [0, 0.05) is 11.6 Å². The molecule has 7 nitrogen and oxygen atoms in total. The molecule has 0 radical (unpaired) electrons. The summed E-state index contributed by atoms with van der Waals surface area (Å²) in [6.45, 7) is 0. The summed E-state index contributed by atoms with van der Waals surface area (Å²) < 4.78 is 0. The van der Waals surface area contributed by atoms with Gasteiger partial charge < -0.3 is 0 Å². The first kappa shape index (κ1) is 10.6. The molecule has 16 heavy (non-hydrogen) atoms. The van der Waals surface area contributed by atoms with E-state index in [1.165, 1.54) is 23.0 Å². The van der Waals surface area contributed by atoms with Crippen molar-refractivity contribution in [3.05, 3.63) is 17.1 Å². The van der Waals surface area contributed by atoms with E-state index in [9.17, 15) is 9.59 Å². The van der Waals surface area contributed by atoms with Crippen LogP contribution in [-0.4, -0.2) is 27.0 Å². The van der Waals surface area contributed by atoms with E-state index in [1.54, 1.807) is 5.38 Å². The first-order chi connectivity index (χ1) is 7.75. The summed E-state index contributed by atoms with van der Waals surface area (Å²) >= 11 is 2.36. The Morgan fingerprint density at radius 2 is 1.88 bits per heavy atom. The van der Waals surface area contributed by atoms with E-state index in [4.69, 9.17) is 0 Å². The third-order valence-electron chi connectivity index (χ3n) is 1.44. The summed E-state index contributed by atoms with van der Waals surface area (Å²) in [7, 11) is 0. The predicted octanol–water partition coefficient (Wildman–Crippen LogP) is 0.572. The van der Waals surface area contributed by atoms with Gasteiger partial charge in [-0.2, -0.15) is 0 Å². The standard InChI is InChI=1S/C7H5N5O2S2/c13-4(10-6-8-1-2-15-6)5(14)11-7-12-9-3-16-7/h1-3H,(H,8,10,13)(H,11,12,14). The molecule has 0 unspecified atom stereocenters. The maximum atomic E-state index is 11.3. The smallest absolute Gasteiger partial charge is 0.294 e. The molecule has 2 heterocycles. The van der Waals surface area contributed by atoms with Crippen molar-refractivity contribution in [3.8, 4) is 0 Å². The normalized spacial score (nSPS) is 9.75. The Bertz CT molecular complexity index is 435. The van der Waals surface area contributed by atoms with Crippen molar-refractivity contribution < 1.29 is 9.59 Å². The zero-order valence-electron chi connectivity index (χ0n) is 7.71. The predicted molar refractivity (Wildman–Crippen MR) is 59.3 cm³/mol. The molecular formula is C7H5N5O2S2. The fraction of sp³-hybridized carbons (Fsp3) is 0. The molecule has 2 rings (SSSR count). The highest BCUT2D eigenvalue weighted by molar-refractivity contribution is 7.14. The largest absolute Gasteiger partial charge is 0.315 e. The minimum atomic E-state index is -0.799. The lowest BCUT2D eigenvalue weighted by Crippen LogP contribution is -2.28. The molecule has 2 aromatic heterocycles. The van der Waals surface area contributed by atoms with Crippen molar-refractivity contribution in [2.75, 3.05) is 10.6 Å². The monoisotopic (exact) mass is 255 g/mol. The molecular weight excluding hydrogens is 250 g/mol. The number of amides is 2. The Kier molecular flexibility index (Phi) is 3.17. The van der Waals surface area contributed by atoms with Gasteiger partial charge in [-0.25, -0.2) is 4.98 Å². The van der Waals surface area contributed by atoms with Gasteiger partial charge >= 0.3 is 11.8 Å². The first-order valence-corrected chi connectivity index (χ1v) is 5.79. The number of carbonyl (C=O) groups is 2. The second kappa shape index (κ2) is 4.77. The molecule has 0 aliphatic heterocycles. The molecule has 0 aliphatic carbocycles. The Balaban J connectivity index is 1.92. The van der Waals surface area contributed by atoms with E-state index in [2.05, 4.69) is 25.8 Å². The third-order valence-corrected chi connectivity index (χ3v) is 2.73. The van der Waals surface area contributed by atoms with Crippen LogP contribution in [0.25, 0.3) is 0 Å². The highest BCUT2D eigenvalue weighted by Gasteiger charge is 2.15. The van der Waals surface area contributed by atoms with E-state index in [0.717, 1.165) is 11.3 Å². The fourth-order valence-electron chi connectivity index (χ4n) is 0.820. The van der Waals surface area contributed by atoms with Gasteiger partial charge in [0.05, 0.1) is 0 Å². The number of rotatable bonds is 2. The van der Waals surface area contributed by atoms with E-state index in [1.807, 2.05) is 0 Å². The Hall–Kier alpha value is -1.87. The molecule has 0 fully saturated rings. The zero-order chi connectivity index (χ0) is 11.4. The summed E-state index contributed by atoms with van der Waals surface area (Å²) in [6.07, 6.45) is 1.53. The summed E-state index contributed by atoms with van der Waals surface area (Å²) in [5.74, 6) is -1.59. The fourth-order valence-corrected chi connectivity index (χ4v) is 1.78. The number of nitrogens with zero attached hydrogens (tertiary/aromatic N) is 3. The third kappa shape index (κ3) is 2.58. The Labute approximate surface area is 97.5 Å². The number of hydrogen-bond donors (Lipinski definition) is 2. The van der Waals surface area contributed by atoms with Crippen molar-refractivity contribution in [3.63, 3.8) is 0 Å². The van der Waals surface area contributed by atoms with Crippen LogP contribution in [-0.2, 0) is 9.59 Å². The molecule has 0 spiro atoms. The van der Waals surface area contributed by atoms with Crippen LogP contribution >= 0.6 is 22.7 Å². The SMILES string of the molecule is O=C(Nc1nccs1)C(=O)Nc1nncs1. The number of thiazole rings is 1. The van der Waals surface area contributed by atoms with E-state index >= 15 is 0 Å². The van der Waals surface area contributed by atoms with Crippen LogP contribution in [0.2, 0.25) is 0 Å². The van der Waals surface area contributed by atoms with Crippen molar-refractivity contribution in [1.29, 1.82) is 0 Å². The average molecular weight is 255 g/mol. The van der Waals surface area contributed by atoms with Gasteiger partial charge in [0.25, 0.3) is 0 Å². The lowest BCUT2D eigenvalue weighted by atomic mass is 10.5. The van der Waals surface area contributed by atoms with Gasteiger partial charge in [-0.05, 0) is 0 Å².